The number of hydrogen-bond donors (Lipinski definition) is 1. The first-order chi connectivity index (χ1) is 15.3. The van der Waals surface area contributed by atoms with E-state index in [0.29, 0.717) is 28.8 Å². The van der Waals surface area contributed by atoms with Gasteiger partial charge in [-0.05, 0) is 55.5 Å². The fraction of sp³-hybridized carbons (Fsp3) is 0.440. The second-order valence-corrected chi connectivity index (χ2v) is 9.73. The van der Waals surface area contributed by atoms with Crippen molar-refractivity contribution in [3.8, 4) is 0 Å². The van der Waals surface area contributed by atoms with Crippen LogP contribution in [0.1, 0.15) is 50.3 Å². The third-order valence-corrected chi connectivity index (χ3v) is 7.19. The Morgan fingerprint density at radius 1 is 1.06 bits per heavy atom. The molecule has 7 heteroatoms. The Morgan fingerprint density at radius 2 is 1.78 bits per heavy atom. The Hall–Kier alpha value is -1.69. The van der Waals surface area contributed by atoms with E-state index in [9.17, 15) is 9.59 Å². The van der Waals surface area contributed by atoms with Gasteiger partial charge in [-0.25, -0.2) is 0 Å². The van der Waals surface area contributed by atoms with Crippen molar-refractivity contribution in [2.45, 2.75) is 64.9 Å². The highest BCUT2D eigenvalue weighted by atomic mass is 35.5. The van der Waals surface area contributed by atoms with Crippen LogP contribution in [0.15, 0.2) is 42.5 Å². The average Bonchev–Trinajstić information content (AvgIpc) is 2.77. The number of aryl methyl sites for hydroxylation is 1. The quantitative estimate of drug-likeness (QED) is 0.401. The molecule has 0 aliphatic rings. The third-order valence-electron chi connectivity index (χ3n) is 5.47. The van der Waals surface area contributed by atoms with Gasteiger partial charge in [0.1, 0.15) is 6.04 Å². The molecule has 32 heavy (non-hydrogen) atoms. The first kappa shape index (κ1) is 26.6. The summed E-state index contributed by atoms with van der Waals surface area (Å²) in [6.07, 6.45) is 1.39. The minimum Gasteiger partial charge on any atom is -0.352 e. The summed E-state index contributed by atoms with van der Waals surface area (Å²) in [7, 11) is 0. The Morgan fingerprint density at radius 3 is 2.41 bits per heavy atom. The van der Waals surface area contributed by atoms with Crippen LogP contribution >= 0.6 is 35.0 Å². The predicted octanol–water partition coefficient (Wildman–Crippen LogP) is 6.26. The Labute approximate surface area is 206 Å². The fourth-order valence-electron chi connectivity index (χ4n) is 3.30. The molecule has 2 aromatic carbocycles. The number of carbonyl (C=O) groups is 2. The van der Waals surface area contributed by atoms with E-state index in [1.807, 2.05) is 64.1 Å². The molecule has 2 rings (SSSR count). The summed E-state index contributed by atoms with van der Waals surface area (Å²) >= 11 is 13.6. The van der Waals surface area contributed by atoms with Gasteiger partial charge in [0.15, 0.2) is 0 Å². The number of carbonyl (C=O) groups excluding carboxylic acids is 2. The van der Waals surface area contributed by atoms with Crippen molar-refractivity contribution in [1.82, 2.24) is 10.2 Å². The van der Waals surface area contributed by atoms with E-state index in [-0.39, 0.29) is 23.6 Å². The van der Waals surface area contributed by atoms with Crippen LogP contribution < -0.4 is 5.32 Å². The van der Waals surface area contributed by atoms with E-state index in [0.717, 1.165) is 23.1 Å². The standard InChI is InChI=1S/C25H32Cl2N2O2S/c1-5-18(4)28-25(31)23(6-2)29(14-20-10-8-7-9-17(20)3)24(30)16-32-15-19-11-12-21(26)22(27)13-19/h7-13,18,23H,5-6,14-16H2,1-4H3,(H,28,31)/t18-,23-/m1/s1. The summed E-state index contributed by atoms with van der Waals surface area (Å²) in [6.45, 7) is 8.39. The zero-order valence-electron chi connectivity index (χ0n) is 19.2. The van der Waals surface area contributed by atoms with Gasteiger partial charge in [-0.1, -0.05) is 67.4 Å². The van der Waals surface area contributed by atoms with E-state index >= 15 is 0 Å². The van der Waals surface area contributed by atoms with Gasteiger partial charge in [-0.15, -0.1) is 11.8 Å². The molecule has 0 saturated heterocycles. The smallest absolute Gasteiger partial charge is 0.243 e. The van der Waals surface area contributed by atoms with Crippen molar-refractivity contribution >= 4 is 46.8 Å². The van der Waals surface area contributed by atoms with Gasteiger partial charge in [-0.3, -0.25) is 9.59 Å². The fourth-order valence-corrected chi connectivity index (χ4v) is 4.48. The van der Waals surface area contributed by atoms with Crippen LogP contribution in [0.5, 0.6) is 0 Å². The second-order valence-electron chi connectivity index (χ2n) is 7.93. The molecule has 0 radical (unpaired) electrons. The van der Waals surface area contributed by atoms with Gasteiger partial charge in [-0.2, -0.15) is 0 Å². The van der Waals surface area contributed by atoms with Crippen molar-refractivity contribution in [2.75, 3.05) is 5.75 Å². The average molecular weight is 496 g/mol. The van der Waals surface area contributed by atoms with Crippen LogP contribution in [-0.2, 0) is 21.9 Å². The molecule has 2 amide bonds. The molecule has 0 spiro atoms. The SMILES string of the molecule is CC[C@@H](C)NC(=O)[C@@H](CC)N(Cc1ccccc1C)C(=O)CSCc1ccc(Cl)c(Cl)c1. The highest BCUT2D eigenvalue weighted by Gasteiger charge is 2.29. The monoisotopic (exact) mass is 494 g/mol. The minimum absolute atomic E-state index is 0.0514. The van der Waals surface area contributed by atoms with Gasteiger partial charge in [0, 0.05) is 18.3 Å². The Kier molecular flexibility index (Phi) is 10.9. The van der Waals surface area contributed by atoms with Crippen molar-refractivity contribution < 1.29 is 9.59 Å². The van der Waals surface area contributed by atoms with Crippen LogP contribution in [0, 0.1) is 6.92 Å². The van der Waals surface area contributed by atoms with Crippen molar-refractivity contribution in [2.24, 2.45) is 0 Å². The number of nitrogens with zero attached hydrogens (tertiary/aromatic N) is 1. The molecule has 0 aliphatic carbocycles. The molecule has 4 nitrogen and oxygen atoms in total. The highest BCUT2D eigenvalue weighted by molar-refractivity contribution is 7.99. The zero-order valence-corrected chi connectivity index (χ0v) is 21.5. The maximum absolute atomic E-state index is 13.3. The lowest BCUT2D eigenvalue weighted by atomic mass is 10.1. The second kappa shape index (κ2) is 13.1. The molecule has 0 bridgehead atoms. The Bertz CT molecular complexity index is 923. The maximum Gasteiger partial charge on any atom is 0.243 e. The van der Waals surface area contributed by atoms with Gasteiger partial charge >= 0.3 is 0 Å². The summed E-state index contributed by atoms with van der Waals surface area (Å²) in [5.74, 6) is 0.762. The van der Waals surface area contributed by atoms with E-state index in [1.165, 1.54) is 11.8 Å². The number of halogens is 2. The molecule has 1 N–H and O–H groups in total. The van der Waals surface area contributed by atoms with Crippen LogP contribution in [0.4, 0.5) is 0 Å². The molecule has 0 saturated carbocycles. The summed E-state index contributed by atoms with van der Waals surface area (Å²) in [5.41, 5.74) is 3.15. The largest absolute Gasteiger partial charge is 0.352 e. The number of amides is 2. The van der Waals surface area contributed by atoms with Crippen LogP contribution in [0.25, 0.3) is 0 Å². The third kappa shape index (κ3) is 7.72. The summed E-state index contributed by atoms with van der Waals surface area (Å²) in [6, 6.07) is 13.0. The molecule has 0 aliphatic heterocycles. The maximum atomic E-state index is 13.3. The van der Waals surface area contributed by atoms with E-state index in [2.05, 4.69) is 5.32 Å². The number of thioether (sulfide) groups is 1. The van der Waals surface area contributed by atoms with Crippen molar-refractivity contribution in [3.63, 3.8) is 0 Å². The lowest BCUT2D eigenvalue weighted by molar-refractivity contribution is -0.139. The van der Waals surface area contributed by atoms with Gasteiger partial charge < -0.3 is 10.2 Å². The number of hydrogen-bond acceptors (Lipinski definition) is 3. The predicted molar refractivity (Wildman–Crippen MR) is 136 cm³/mol. The first-order valence-electron chi connectivity index (χ1n) is 10.9. The van der Waals surface area contributed by atoms with Gasteiger partial charge in [0.2, 0.25) is 11.8 Å². The minimum atomic E-state index is -0.512. The van der Waals surface area contributed by atoms with Crippen LogP contribution in [0.3, 0.4) is 0 Å². The normalized spacial score (nSPS) is 12.8. The lowest BCUT2D eigenvalue weighted by Crippen LogP contribution is -2.51. The van der Waals surface area contributed by atoms with E-state index in [1.54, 1.807) is 11.0 Å². The zero-order chi connectivity index (χ0) is 23.7. The van der Waals surface area contributed by atoms with Gasteiger partial charge in [0.05, 0.1) is 15.8 Å². The van der Waals surface area contributed by atoms with Gasteiger partial charge in [0.25, 0.3) is 0 Å². The molecule has 0 aromatic heterocycles. The molecule has 0 fully saturated rings. The van der Waals surface area contributed by atoms with E-state index < -0.39 is 6.04 Å². The molecule has 2 atom stereocenters. The molecule has 0 heterocycles. The van der Waals surface area contributed by atoms with Crippen molar-refractivity contribution in [3.05, 3.63) is 69.2 Å². The molecule has 2 aromatic rings. The van der Waals surface area contributed by atoms with E-state index in [4.69, 9.17) is 23.2 Å². The first-order valence-corrected chi connectivity index (χ1v) is 12.8. The number of rotatable bonds is 11. The topological polar surface area (TPSA) is 49.4 Å². The summed E-state index contributed by atoms with van der Waals surface area (Å²) in [5, 5.41) is 4.06. The summed E-state index contributed by atoms with van der Waals surface area (Å²) < 4.78 is 0. The molecule has 174 valence electrons. The van der Waals surface area contributed by atoms with Crippen LogP contribution in [-0.4, -0.2) is 34.6 Å². The number of benzene rings is 2. The summed E-state index contributed by atoms with van der Waals surface area (Å²) in [4.78, 5) is 28.0. The Balaban J connectivity index is 2.15. The van der Waals surface area contributed by atoms with Crippen LogP contribution in [0.2, 0.25) is 10.0 Å². The van der Waals surface area contributed by atoms with Crippen molar-refractivity contribution in [1.29, 1.82) is 0 Å². The molecular weight excluding hydrogens is 463 g/mol. The highest BCUT2D eigenvalue weighted by Crippen LogP contribution is 2.25. The number of nitrogens with one attached hydrogen (secondary N) is 1. The lowest BCUT2D eigenvalue weighted by Gasteiger charge is -2.32. The molecule has 0 unspecified atom stereocenters. The molecular formula is C25H32Cl2N2O2S.